The Kier molecular flexibility index (Phi) is 8.72. The number of anilines is 1. The predicted molar refractivity (Wildman–Crippen MR) is 150 cm³/mol. The van der Waals surface area contributed by atoms with Crippen molar-refractivity contribution in [3.63, 3.8) is 0 Å². The summed E-state index contributed by atoms with van der Waals surface area (Å²) in [6.07, 6.45) is 6.38. The van der Waals surface area contributed by atoms with E-state index < -0.39 is 11.7 Å². The van der Waals surface area contributed by atoms with E-state index in [4.69, 9.17) is 4.74 Å². The number of amides is 3. The summed E-state index contributed by atoms with van der Waals surface area (Å²) >= 11 is 1.31. The van der Waals surface area contributed by atoms with Crippen LogP contribution in [0.3, 0.4) is 0 Å². The van der Waals surface area contributed by atoms with Crippen molar-refractivity contribution in [3.8, 4) is 22.4 Å². The zero-order valence-corrected chi connectivity index (χ0v) is 22.7. The number of hydrogen-bond donors (Lipinski definition) is 3. The summed E-state index contributed by atoms with van der Waals surface area (Å²) in [5.41, 5.74) is 3.62. The lowest BCUT2D eigenvalue weighted by molar-refractivity contribution is -0.115. The second-order valence-electron chi connectivity index (χ2n) is 9.65. The minimum absolute atomic E-state index is 0.198. The van der Waals surface area contributed by atoms with Crippen molar-refractivity contribution >= 4 is 34.4 Å². The van der Waals surface area contributed by atoms with Gasteiger partial charge >= 0.3 is 6.09 Å². The van der Waals surface area contributed by atoms with Crippen LogP contribution in [0.15, 0.2) is 72.6 Å². The molecule has 10 nitrogen and oxygen atoms in total. The van der Waals surface area contributed by atoms with Crippen LogP contribution in [0.5, 0.6) is 0 Å². The van der Waals surface area contributed by atoms with Gasteiger partial charge in [-0.2, -0.15) is 0 Å². The van der Waals surface area contributed by atoms with Gasteiger partial charge in [-0.3, -0.25) is 14.6 Å². The third-order valence-electron chi connectivity index (χ3n) is 5.38. The molecule has 0 atom stereocenters. The third kappa shape index (κ3) is 8.24. The number of pyridine rings is 1. The van der Waals surface area contributed by atoms with Crippen molar-refractivity contribution < 1.29 is 19.1 Å². The van der Waals surface area contributed by atoms with Crippen LogP contribution in [0.4, 0.5) is 9.93 Å². The van der Waals surface area contributed by atoms with E-state index in [1.165, 1.54) is 11.3 Å². The Morgan fingerprint density at radius 2 is 1.77 bits per heavy atom. The topological polar surface area (TPSA) is 127 Å². The average molecular weight is 547 g/mol. The third-order valence-corrected chi connectivity index (χ3v) is 6.14. The highest BCUT2D eigenvalue weighted by Gasteiger charge is 2.16. The fourth-order valence-corrected chi connectivity index (χ4v) is 4.34. The van der Waals surface area contributed by atoms with Gasteiger partial charge in [0.15, 0.2) is 5.13 Å². The van der Waals surface area contributed by atoms with E-state index in [0.29, 0.717) is 23.8 Å². The minimum Gasteiger partial charge on any atom is -0.444 e. The Morgan fingerprint density at radius 1 is 1.00 bits per heavy atom. The van der Waals surface area contributed by atoms with Crippen molar-refractivity contribution in [3.05, 3.63) is 78.2 Å². The molecule has 0 saturated carbocycles. The van der Waals surface area contributed by atoms with Gasteiger partial charge < -0.3 is 25.3 Å². The number of nitrogens with one attached hydrogen (secondary N) is 3. The predicted octanol–water partition coefficient (Wildman–Crippen LogP) is 4.57. The van der Waals surface area contributed by atoms with Crippen LogP contribution in [-0.2, 0) is 16.1 Å². The first kappa shape index (κ1) is 27.5. The van der Waals surface area contributed by atoms with Gasteiger partial charge in [0.2, 0.25) is 5.91 Å². The summed E-state index contributed by atoms with van der Waals surface area (Å²) < 4.78 is 6.97. The zero-order chi connectivity index (χ0) is 27.8. The van der Waals surface area contributed by atoms with Gasteiger partial charge in [-0.1, -0.05) is 18.2 Å². The molecule has 202 valence electrons. The van der Waals surface area contributed by atoms with E-state index in [1.54, 1.807) is 56.2 Å². The number of alkyl carbamates (subject to hydrolysis) is 1. The summed E-state index contributed by atoms with van der Waals surface area (Å²) in [6, 6.07) is 13.5. The first-order valence-corrected chi connectivity index (χ1v) is 13.2. The van der Waals surface area contributed by atoms with E-state index in [-0.39, 0.29) is 18.4 Å². The normalized spacial score (nSPS) is 11.1. The molecule has 4 aromatic rings. The summed E-state index contributed by atoms with van der Waals surface area (Å²) in [5, 5.41) is 10.3. The number of ether oxygens (including phenoxy) is 1. The molecule has 39 heavy (non-hydrogen) atoms. The van der Waals surface area contributed by atoms with E-state index in [0.717, 1.165) is 22.4 Å². The molecule has 0 unspecified atom stereocenters. The van der Waals surface area contributed by atoms with Crippen molar-refractivity contribution in [2.75, 3.05) is 18.4 Å². The number of benzene rings is 1. The van der Waals surface area contributed by atoms with Gasteiger partial charge in [0.25, 0.3) is 5.91 Å². The average Bonchev–Trinajstić information content (AvgIpc) is 3.57. The second-order valence-corrected chi connectivity index (χ2v) is 10.5. The van der Waals surface area contributed by atoms with Crippen LogP contribution in [0.25, 0.3) is 22.4 Å². The van der Waals surface area contributed by atoms with E-state index in [2.05, 4.69) is 25.9 Å². The molecular weight excluding hydrogens is 516 g/mol. The number of nitrogens with zero attached hydrogens (tertiary/aromatic N) is 3. The molecule has 0 aliphatic carbocycles. The SMILES string of the molecule is CC(C)(C)OC(=O)NCCn1ccc(C(=O)NCC(=O)Nc2nc(-c3cccc(-c4ccncc4)c3)cs2)c1. The van der Waals surface area contributed by atoms with Crippen LogP contribution < -0.4 is 16.0 Å². The molecule has 0 fully saturated rings. The Labute approximate surface area is 230 Å². The molecule has 0 spiro atoms. The summed E-state index contributed by atoms with van der Waals surface area (Å²) in [5.74, 6) is -0.757. The van der Waals surface area contributed by atoms with Crippen molar-refractivity contribution in [1.29, 1.82) is 0 Å². The molecule has 0 radical (unpaired) electrons. The van der Waals surface area contributed by atoms with Crippen molar-refractivity contribution in [2.45, 2.75) is 32.9 Å². The lowest BCUT2D eigenvalue weighted by Gasteiger charge is -2.19. The Morgan fingerprint density at radius 3 is 2.54 bits per heavy atom. The van der Waals surface area contributed by atoms with Crippen LogP contribution in [0, 0.1) is 0 Å². The number of carbonyl (C=O) groups excluding carboxylic acids is 3. The number of hydrogen-bond acceptors (Lipinski definition) is 7. The highest BCUT2D eigenvalue weighted by molar-refractivity contribution is 7.14. The Balaban J connectivity index is 1.24. The summed E-state index contributed by atoms with van der Waals surface area (Å²) in [4.78, 5) is 45.2. The van der Waals surface area contributed by atoms with E-state index in [9.17, 15) is 14.4 Å². The van der Waals surface area contributed by atoms with Gasteiger partial charge in [0, 0.05) is 48.8 Å². The quantitative estimate of drug-likeness (QED) is 0.282. The maximum Gasteiger partial charge on any atom is 0.407 e. The maximum absolute atomic E-state index is 12.5. The maximum atomic E-state index is 12.5. The van der Waals surface area contributed by atoms with Crippen molar-refractivity contribution in [1.82, 2.24) is 25.2 Å². The Hall–Kier alpha value is -4.51. The molecule has 0 bridgehead atoms. The van der Waals surface area contributed by atoms with Crippen molar-refractivity contribution in [2.24, 2.45) is 0 Å². The van der Waals surface area contributed by atoms with Crippen LogP contribution >= 0.6 is 11.3 Å². The first-order chi connectivity index (χ1) is 18.7. The lowest BCUT2D eigenvalue weighted by Crippen LogP contribution is -2.34. The van der Waals surface area contributed by atoms with Crippen LogP contribution in [0.2, 0.25) is 0 Å². The number of rotatable bonds is 9. The van der Waals surface area contributed by atoms with Crippen LogP contribution in [0.1, 0.15) is 31.1 Å². The monoisotopic (exact) mass is 546 g/mol. The molecule has 3 amide bonds. The van der Waals surface area contributed by atoms with Gasteiger partial charge in [-0.25, -0.2) is 9.78 Å². The molecular formula is C28H30N6O4S. The highest BCUT2D eigenvalue weighted by atomic mass is 32.1. The van der Waals surface area contributed by atoms with E-state index >= 15 is 0 Å². The standard InChI is InChI=1S/C28H30N6O4S/c1-28(2,3)38-27(37)30-12-14-34-13-9-22(17-34)25(36)31-16-24(35)33-26-32-23(18-39-26)21-6-4-5-20(15-21)19-7-10-29-11-8-19/h4-11,13,15,17-18H,12,14,16H2,1-3H3,(H,30,37)(H,31,36)(H,32,33,35). The second kappa shape index (κ2) is 12.4. The van der Waals surface area contributed by atoms with E-state index in [1.807, 2.05) is 41.8 Å². The summed E-state index contributed by atoms with van der Waals surface area (Å²) in [6.45, 7) is 5.99. The highest BCUT2D eigenvalue weighted by Crippen LogP contribution is 2.28. The number of thiazole rings is 1. The molecule has 3 aromatic heterocycles. The molecule has 3 N–H and O–H groups in total. The molecule has 0 aliphatic heterocycles. The minimum atomic E-state index is -0.566. The molecule has 0 aliphatic rings. The number of aromatic nitrogens is 3. The molecule has 11 heteroatoms. The van der Waals surface area contributed by atoms with Gasteiger partial charge in [-0.15, -0.1) is 11.3 Å². The van der Waals surface area contributed by atoms with Gasteiger partial charge in [-0.05, 0) is 56.2 Å². The molecule has 1 aromatic carbocycles. The largest absolute Gasteiger partial charge is 0.444 e. The first-order valence-electron chi connectivity index (χ1n) is 12.3. The molecule has 4 rings (SSSR count). The Bertz CT molecular complexity index is 1440. The molecule has 0 saturated heterocycles. The lowest BCUT2D eigenvalue weighted by atomic mass is 10.0. The zero-order valence-electron chi connectivity index (χ0n) is 21.9. The van der Waals surface area contributed by atoms with Crippen LogP contribution in [-0.4, -0.2) is 51.1 Å². The van der Waals surface area contributed by atoms with Gasteiger partial charge in [0.05, 0.1) is 17.8 Å². The summed E-state index contributed by atoms with van der Waals surface area (Å²) in [7, 11) is 0. The smallest absolute Gasteiger partial charge is 0.407 e. The fraction of sp³-hybridized carbons (Fsp3) is 0.250. The number of carbonyl (C=O) groups is 3. The molecule has 3 heterocycles. The van der Waals surface area contributed by atoms with Gasteiger partial charge in [0.1, 0.15) is 5.60 Å². The fourth-order valence-electron chi connectivity index (χ4n) is 3.61.